The summed E-state index contributed by atoms with van der Waals surface area (Å²) in [6.45, 7) is 0. The van der Waals surface area contributed by atoms with Crippen LogP contribution in [0.3, 0.4) is 0 Å². The predicted octanol–water partition coefficient (Wildman–Crippen LogP) is 5.80. The van der Waals surface area contributed by atoms with Gasteiger partial charge in [0.05, 0.1) is 53.0 Å². The van der Waals surface area contributed by atoms with E-state index in [1.165, 1.54) is 0 Å². The molecule has 10 nitrogen and oxygen atoms in total. The Labute approximate surface area is 257 Å². The zero-order valence-electron chi connectivity index (χ0n) is 23.4. The molecule has 0 saturated carbocycles. The van der Waals surface area contributed by atoms with Gasteiger partial charge in [0.25, 0.3) is 0 Å². The minimum atomic E-state index is 0.0802. The van der Waals surface area contributed by atoms with E-state index in [0.29, 0.717) is 79.5 Å². The van der Waals surface area contributed by atoms with Crippen LogP contribution in [0.15, 0.2) is 97.1 Å². The van der Waals surface area contributed by atoms with Gasteiger partial charge in [0.15, 0.2) is 23.3 Å². The van der Waals surface area contributed by atoms with E-state index >= 15 is 0 Å². The first-order chi connectivity index (χ1) is 22.0. The number of hydrogen-bond acceptors (Lipinski definition) is 10. The standard InChI is InChI=1S/C35H18N10/c36-18-22-5-1-9-26(13-22)32-40-30(41-33(44-32)27-10-2-6-23(14-27)19-37)17-31-42-34(28-11-3-7-24(15-28)20-38)45-35(43-31)29-12-4-8-25(16-29)21-39/h1-16H,17H2. The van der Waals surface area contributed by atoms with E-state index < -0.39 is 0 Å². The van der Waals surface area contributed by atoms with Crippen LogP contribution in [0.1, 0.15) is 33.9 Å². The zero-order valence-corrected chi connectivity index (χ0v) is 23.4. The molecular formula is C35H18N10. The SMILES string of the molecule is N#Cc1cccc(-c2nc(Cc3nc(-c4cccc(C#N)c4)nc(-c4cccc(C#N)c4)n3)nc(-c3cccc(C#N)c3)n2)c1. The molecule has 0 N–H and O–H groups in total. The number of aromatic nitrogens is 6. The number of nitrogens with zero attached hydrogens (tertiary/aromatic N) is 10. The van der Waals surface area contributed by atoms with Gasteiger partial charge in [-0.1, -0.05) is 48.5 Å². The molecule has 0 amide bonds. The first-order valence-electron chi connectivity index (χ1n) is 13.6. The molecule has 0 atom stereocenters. The number of rotatable bonds is 6. The highest BCUT2D eigenvalue weighted by molar-refractivity contribution is 5.65. The molecule has 0 saturated heterocycles. The van der Waals surface area contributed by atoms with Crippen LogP contribution in [0.5, 0.6) is 0 Å². The van der Waals surface area contributed by atoms with Crippen LogP contribution < -0.4 is 0 Å². The van der Waals surface area contributed by atoms with Crippen LogP contribution >= 0.6 is 0 Å². The Balaban J connectivity index is 1.51. The molecular weight excluding hydrogens is 560 g/mol. The van der Waals surface area contributed by atoms with Gasteiger partial charge in [0.2, 0.25) is 0 Å². The monoisotopic (exact) mass is 578 g/mol. The maximum atomic E-state index is 9.46. The van der Waals surface area contributed by atoms with Gasteiger partial charge in [-0.2, -0.15) is 21.0 Å². The summed E-state index contributed by atoms with van der Waals surface area (Å²) >= 11 is 0. The highest BCUT2D eigenvalue weighted by Gasteiger charge is 2.16. The molecule has 6 rings (SSSR count). The third kappa shape index (κ3) is 6.22. The Hall–Kier alpha value is -7.14. The van der Waals surface area contributed by atoms with Gasteiger partial charge in [-0.25, -0.2) is 29.9 Å². The van der Waals surface area contributed by atoms with Crippen LogP contribution in [-0.4, -0.2) is 29.9 Å². The van der Waals surface area contributed by atoms with Gasteiger partial charge in [0.1, 0.15) is 11.6 Å². The largest absolute Gasteiger partial charge is 0.213 e. The van der Waals surface area contributed by atoms with E-state index in [2.05, 4.69) is 34.2 Å². The van der Waals surface area contributed by atoms with Crippen LogP contribution in [0.25, 0.3) is 45.6 Å². The smallest absolute Gasteiger partial charge is 0.163 e. The van der Waals surface area contributed by atoms with E-state index in [9.17, 15) is 21.0 Å². The Morgan fingerprint density at radius 3 is 0.889 bits per heavy atom. The summed E-state index contributed by atoms with van der Waals surface area (Å²) in [5.41, 5.74) is 4.29. The van der Waals surface area contributed by atoms with Crippen molar-refractivity contribution in [1.29, 1.82) is 21.0 Å². The quantitative estimate of drug-likeness (QED) is 0.235. The zero-order chi connectivity index (χ0) is 31.2. The fourth-order valence-electron chi connectivity index (χ4n) is 4.57. The first-order valence-corrected chi connectivity index (χ1v) is 13.6. The topological polar surface area (TPSA) is 172 Å². The van der Waals surface area contributed by atoms with Gasteiger partial charge in [-0.15, -0.1) is 0 Å². The summed E-state index contributed by atoms with van der Waals surface area (Å²) < 4.78 is 0. The van der Waals surface area contributed by atoms with E-state index in [4.69, 9.17) is 19.9 Å². The van der Waals surface area contributed by atoms with Crippen molar-refractivity contribution >= 4 is 0 Å². The molecule has 6 aromatic rings. The van der Waals surface area contributed by atoms with Crippen LogP contribution in [0.2, 0.25) is 0 Å². The second kappa shape index (κ2) is 12.4. The second-order valence-corrected chi connectivity index (χ2v) is 9.74. The van der Waals surface area contributed by atoms with Crippen LogP contribution in [0, 0.1) is 45.3 Å². The van der Waals surface area contributed by atoms with Crippen molar-refractivity contribution in [3.8, 4) is 69.8 Å². The molecule has 0 unspecified atom stereocenters. The third-order valence-electron chi connectivity index (χ3n) is 6.68. The van der Waals surface area contributed by atoms with Crippen molar-refractivity contribution in [2.45, 2.75) is 6.42 Å². The van der Waals surface area contributed by atoms with Gasteiger partial charge in [-0.3, -0.25) is 0 Å². The molecule has 4 aromatic carbocycles. The predicted molar refractivity (Wildman–Crippen MR) is 163 cm³/mol. The lowest BCUT2D eigenvalue weighted by molar-refractivity contribution is 0.860. The van der Waals surface area contributed by atoms with Crippen molar-refractivity contribution < 1.29 is 0 Å². The van der Waals surface area contributed by atoms with Gasteiger partial charge in [0, 0.05) is 22.3 Å². The van der Waals surface area contributed by atoms with Crippen molar-refractivity contribution in [2.75, 3.05) is 0 Å². The van der Waals surface area contributed by atoms with E-state index in [-0.39, 0.29) is 6.42 Å². The summed E-state index contributed by atoms with van der Waals surface area (Å²) in [6.07, 6.45) is 0.0802. The molecule has 2 heterocycles. The Kier molecular flexibility index (Phi) is 7.71. The molecule has 208 valence electrons. The Morgan fingerprint density at radius 1 is 0.378 bits per heavy atom. The molecule has 0 aliphatic rings. The highest BCUT2D eigenvalue weighted by atomic mass is 15.1. The fourth-order valence-corrected chi connectivity index (χ4v) is 4.57. The van der Waals surface area contributed by atoms with E-state index in [1.54, 1.807) is 97.1 Å². The van der Waals surface area contributed by atoms with Crippen molar-refractivity contribution in [1.82, 2.24) is 29.9 Å². The minimum absolute atomic E-state index is 0.0802. The molecule has 0 fully saturated rings. The summed E-state index contributed by atoms with van der Waals surface area (Å²) in [6, 6.07) is 36.3. The van der Waals surface area contributed by atoms with Crippen LogP contribution in [-0.2, 0) is 6.42 Å². The fraction of sp³-hybridized carbons (Fsp3) is 0.0286. The summed E-state index contributed by atoms with van der Waals surface area (Å²) in [7, 11) is 0. The van der Waals surface area contributed by atoms with Crippen LogP contribution in [0.4, 0.5) is 0 Å². The molecule has 0 bridgehead atoms. The van der Waals surface area contributed by atoms with Gasteiger partial charge < -0.3 is 0 Å². The summed E-state index contributed by atoms with van der Waals surface area (Å²) in [5, 5.41) is 37.9. The molecule has 0 radical (unpaired) electrons. The van der Waals surface area contributed by atoms with Crippen molar-refractivity contribution in [2.24, 2.45) is 0 Å². The van der Waals surface area contributed by atoms with E-state index in [0.717, 1.165) is 0 Å². The molecule has 2 aromatic heterocycles. The molecule has 0 aliphatic carbocycles. The third-order valence-corrected chi connectivity index (χ3v) is 6.68. The van der Waals surface area contributed by atoms with Gasteiger partial charge in [-0.05, 0) is 48.5 Å². The summed E-state index contributed by atoms with van der Waals surface area (Å²) in [5.74, 6) is 2.05. The normalized spacial score (nSPS) is 10.2. The second-order valence-electron chi connectivity index (χ2n) is 9.74. The molecule has 45 heavy (non-hydrogen) atoms. The molecule has 0 aliphatic heterocycles. The van der Waals surface area contributed by atoms with Crippen molar-refractivity contribution in [3.63, 3.8) is 0 Å². The Bertz CT molecular complexity index is 1950. The average Bonchev–Trinajstić information content (AvgIpc) is 3.11. The van der Waals surface area contributed by atoms with Crippen molar-refractivity contribution in [3.05, 3.63) is 131 Å². The number of nitriles is 4. The molecule has 0 spiro atoms. The van der Waals surface area contributed by atoms with E-state index in [1.807, 2.05) is 0 Å². The lowest BCUT2D eigenvalue weighted by Crippen LogP contribution is -2.08. The highest BCUT2D eigenvalue weighted by Crippen LogP contribution is 2.25. The average molecular weight is 579 g/mol. The summed E-state index contributed by atoms with van der Waals surface area (Å²) in [4.78, 5) is 28.2. The first kappa shape index (κ1) is 28.0. The lowest BCUT2D eigenvalue weighted by Gasteiger charge is -2.10. The maximum absolute atomic E-state index is 9.46. The van der Waals surface area contributed by atoms with Gasteiger partial charge >= 0.3 is 0 Å². The Morgan fingerprint density at radius 2 is 0.644 bits per heavy atom. The minimum Gasteiger partial charge on any atom is -0.213 e. The molecule has 10 heteroatoms. The lowest BCUT2D eigenvalue weighted by atomic mass is 10.1. The number of benzene rings is 4. The maximum Gasteiger partial charge on any atom is 0.163 e. The number of hydrogen-bond donors (Lipinski definition) is 0.